The SMILES string of the molecule is CCC1C(CC)C1c1ccccc1. The molecular formula is C13H18. The third kappa shape index (κ3) is 1.50. The summed E-state index contributed by atoms with van der Waals surface area (Å²) < 4.78 is 0. The lowest BCUT2D eigenvalue weighted by atomic mass is 10.1. The van der Waals surface area contributed by atoms with E-state index in [1.807, 2.05) is 0 Å². The minimum atomic E-state index is 0.871. The molecule has 0 N–H and O–H groups in total. The van der Waals surface area contributed by atoms with Crippen molar-refractivity contribution < 1.29 is 0 Å². The predicted molar refractivity (Wildman–Crippen MR) is 56.7 cm³/mol. The lowest BCUT2D eigenvalue weighted by Crippen LogP contribution is -1.81. The summed E-state index contributed by atoms with van der Waals surface area (Å²) in [5.74, 6) is 2.80. The first-order chi connectivity index (χ1) is 6.38. The summed E-state index contributed by atoms with van der Waals surface area (Å²) in [4.78, 5) is 0. The molecule has 1 aliphatic rings. The first-order valence-electron chi connectivity index (χ1n) is 5.43. The zero-order valence-electron chi connectivity index (χ0n) is 8.53. The summed E-state index contributed by atoms with van der Waals surface area (Å²) in [5.41, 5.74) is 1.56. The van der Waals surface area contributed by atoms with E-state index in [-0.39, 0.29) is 0 Å². The van der Waals surface area contributed by atoms with Crippen LogP contribution >= 0.6 is 0 Å². The molecule has 0 bridgehead atoms. The summed E-state index contributed by atoms with van der Waals surface area (Å²) >= 11 is 0. The van der Waals surface area contributed by atoms with Crippen LogP contribution in [0.15, 0.2) is 30.3 Å². The second-order valence-electron chi connectivity index (χ2n) is 4.08. The maximum absolute atomic E-state index is 2.32. The Bertz CT molecular complexity index is 253. The molecule has 0 nitrogen and oxygen atoms in total. The molecule has 70 valence electrons. The molecule has 0 heteroatoms. The molecule has 1 aromatic rings. The van der Waals surface area contributed by atoms with Crippen LogP contribution in [0.25, 0.3) is 0 Å². The van der Waals surface area contributed by atoms with Gasteiger partial charge in [-0.15, -0.1) is 0 Å². The first-order valence-corrected chi connectivity index (χ1v) is 5.43. The molecule has 1 fully saturated rings. The molecule has 2 rings (SSSR count). The highest BCUT2D eigenvalue weighted by Gasteiger charge is 2.47. The van der Waals surface area contributed by atoms with Crippen molar-refractivity contribution in [3.63, 3.8) is 0 Å². The molecule has 0 spiro atoms. The van der Waals surface area contributed by atoms with Crippen LogP contribution in [0.3, 0.4) is 0 Å². The van der Waals surface area contributed by atoms with Gasteiger partial charge in [-0.3, -0.25) is 0 Å². The maximum Gasteiger partial charge on any atom is -0.00998 e. The fraction of sp³-hybridized carbons (Fsp3) is 0.538. The minimum Gasteiger partial charge on any atom is -0.0651 e. The smallest absolute Gasteiger partial charge is 0.00998 e. The first kappa shape index (κ1) is 8.80. The second-order valence-corrected chi connectivity index (χ2v) is 4.08. The van der Waals surface area contributed by atoms with Crippen molar-refractivity contribution in [1.82, 2.24) is 0 Å². The van der Waals surface area contributed by atoms with Crippen LogP contribution in [0.4, 0.5) is 0 Å². The normalized spacial score (nSPS) is 31.7. The van der Waals surface area contributed by atoms with Gasteiger partial charge in [0.25, 0.3) is 0 Å². The molecule has 0 saturated heterocycles. The van der Waals surface area contributed by atoms with Gasteiger partial charge in [0, 0.05) is 0 Å². The number of benzene rings is 1. The number of hydrogen-bond donors (Lipinski definition) is 0. The third-order valence-electron chi connectivity index (χ3n) is 3.46. The highest BCUT2D eigenvalue weighted by molar-refractivity contribution is 5.27. The molecular weight excluding hydrogens is 156 g/mol. The summed E-state index contributed by atoms with van der Waals surface area (Å²) in [5, 5.41) is 0. The molecule has 1 saturated carbocycles. The van der Waals surface area contributed by atoms with Crippen molar-refractivity contribution in [3.05, 3.63) is 35.9 Å². The van der Waals surface area contributed by atoms with Crippen molar-refractivity contribution in [3.8, 4) is 0 Å². The Hall–Kier alpha value is -0.780. The summed E-state index contributed by atoms with van der Waals surface area (Å²) in [6, 6.07) is 11.0. The zero-order chi connectivity index (χ0) is 9.26. The van der Waals surface area contributed by atoms with Gasteiger partial charge in [0.1, 0.15) is 0 Å². The van der Waals surface area contributed by atoms with E-state index >= 15 is 0 Å². The van der Waals surface area contributed by atoms with Crippen molar-refractivity contribution in [1.29, 1.82) is 0 Å². The molecule has 0 radical (unpaired) electrons. The predicted octanol–water partition coefficient (Wildman–Crippen LogP) is 3.84. The van der Waals surface area contributed by atoms with Crippen molar-refractivity contribution in [2.75, 3.05) is 0 Å². The Labute approximate surface area is 81.0 Å². The van der Waals surface area contributed by atoms with E-state index in [1.165, 1.54) is 12.8 Å². The van der Waals surface area contributed by atoms with Crippen LogP contribution in [-0.2, 0) is 0 Å². The lowest BCUT2D eigenvalue weighted by molar-refractivity contribution is 0.663. The van der Waals surface area contributed by atoms with Crippen LogP contribution in [0.1, 0.15) is 38.2 Å². The Kier molecular flexibility index (Phi) is 2.39. The molecule has 0 aliphatic heterocycles. The Morgan fingerprint density at radius 3 is 1.92 bits per heavy atom. The summed E-state index contributed by atoms with van der Waals surface area (Å²) in [6.45, 7) is 4.63. The fourth-order valence-corrected chi connectivity index (χ4v) is 2.73. The van der Waals surface area contributed by atoms with Gasteiger partial charge < -0.3 is 0 Å². The van der Waals surface area contributed by atoms with E-state index in [1.54, 1.807) is 5.56 Å². The van der Waals surface area contributed by atoms with Gasteiger partial charge in [-0.05, 0) is 23.3 Å². The molecule has 0 aromatic heterocycles. The Balaban J connectivity index is 2.12. The quantitative estimate of drug-likeness (QED) is 0.653. The highest BCUT2D eigenvalue weighted by atomic mass is 14.5. The number of hydrogen-bond acceptors (Lipinski definition) is 0. The highest BCUT2D eigenvalue weighted by Crippen LogP contribution is 2.57. The van der Waals surface area contributed by atoms with E-state index in [2.05, 4.69) is 44.2 Å². The van der Waals surface area contributed by atoms with E-state index < -0.39 is 0 Å². The van der Waals surface area contributed by atoms with Crippen LogP contribution in [-0.4, -0.2) is 0 Å². The fourth-order valence-electron chi connectivity index (χ4n) is 2.73. The van der Waals surface area contributed by atoms with Gasteiger partial charge in [-0.1, -0.05) is 57.0 Å². The second kappa shape index (κ2) is 3.53. The van der Waals surface area contributed by atoms with Gasteiger partial charge in [0.05, 0.1) is 0 Å². The van der Waals surface area contributed by atoms with Crippen molar-refractivity contribution in [2.45, 2.75) is 32.6 Å². The maximum atomic E-state index is 2.32. The van der Waals surface area contributed by atoms with Gasteiger partial charge in [-0.25, -0.2) is 0 Å². The van der Waals surface area contributed by atoms with Gasteiger partial charge in [0.15, 0.2) is 0 Å². The molecule has 0 heterocycles. The number of rotatable bonds is 3. The van der Waals surface area contributed by atoms with Crippen molar-refractivity contribution in [2.24, 2.45) is 11.8 Å². The summed E-state index contributed by atoms with van der Waals surface area (Å²) in [7, 11) is 0. The van der Waals surface area contributed by atoms with E-state index in [0.29, 0.717) is 0 Å². The van der Waals surface area contributed by atoms with E-state index in [4.69, 9.17) is 0 Å². The van der Waals surface area contributed by atoms with Crippen LogP contribution in [0.5, 0.6) is 0 Å². The molecule has 0 amide bonds. The van der Waals surface area contributed by atoms with Gasteiger partial charge in [-0.2, -0.15) is 0 Å². The average Bonchev–Trinajstić information content (AvgIpc) is 2.92. The largest absolute Gasteiger partial charge is 0.0651 e. The van der Waals surface area contributed by atoms with Gasteiger partial charge >= 0.3 is 0 Å². The van der Waals surface area contributed by atoms with Crippen LogP contribution < -0.4 is 0 Å². The van der Waals surface area contributed by atoms with Crippen molar-refractivity contribution >= 4 is 0 Å². The Morgan fingerprint density at radius 1 is 0.923 bits per heavy atom. The molecule has 2 unspecified atom stereocenters. The summed E-state index contributed by atoms with van der Waals surface area (Å²) in [6.07, 6.45) is 2.69. The van der Waals surface area contributed by atoms with Gasteiger partial charge in [0.2, 0.25) is 0 Å². The lowest BCUT2D eigenvalue weighted by Gasteiger charge is -1.97. The Morgan fingerprint density at radius 2 is 1.46 bits per heavy atom. The minimum absolute atomic E-state index is 0.871. The monoisotopic (exact) mass is 174 g/mol. The van der Waals surface area contributed by atoms with E-state index in [9.17, 15) is 0 Å². The van der Waals surface area contributed by atoms with Crippen LogP contribution in [0.2, 0.25) is 0 Å². The molecule has 2 atom stereocenters. The third-order valence-corrected chi connectivity index (χ3v) is 3.46. The average molecular weight is 174 g/mol. The molecule has 13 heavy (non-hydrogen) atoms. The molecule has 1 aromatic carbocycles. The zero-order valence-corrected chi connectivity index (χ0v) is 8.53. The van der Waals surface area contributed by atoms with Crippen LogP contribution in [0, 0.1) is 11.8 Å². The standard InChI is InChI=1S/C13H18/c1-3-11-12(4-2)13(11)10-8-6-5-7-9-10/h5-9,11-13H,3-4H2,1-2H3. The van der Waals surface area contributed by atoms with E-state index in [0.717, 1.165) is 17.8 Å². The topological polar surface area (TPSA) is 0 Å². The molecule has 1 aliphatic carbocycles.